The molecule has 0 saturated carbocycles. The normalized spacial score (nSPS) is 10.8. The van der Waals surface area contributed by atoms with Crippen LogP contribution in [0.2, 0.25) is 0 Å². The minimum atomic E-state index is -0.486. The summed E-state index contributed by atoms with van der Waals surface area (Å²) in [7, 11) is 1.52. The Labute approximate surface area is 151 Å². The SMILES string of the molecule is COc1cccc2cc(-c3csc(Nc4ccc(F)cc4)n3)c(=O)oc12. The zero-order valence-electron chi connectivity index (χ0n) is 13.7. The van der Waals surface area contributed by atoms with E-state index in [9.17, 15) is 9.18 Å². The van der Waals surface area contributed by atoms with E-state index in [1.165, 1.54) is 30.6 Å². The molecule has 5 nitrogen and oxygen atoms in total. The first-order chi connectivity index (χ1) is 12.6. The second-order valence-corrected chi connectivity index (χ2v) is 6.35. The average Bonchev–Trinajstić information content (AvgIpc) is 3.11. The Morgan fingerprint density at radius 3 is 2.77 bits per heavy atom. The van der Waals surface area contributed by atoms with Gasteiger partial charge in [-0.2, -0.15) is 0 Å². The Bertz CT molecular complexity index is 1140. The van der Waals surface area contributed by atoms with E-state index in [1.54, 1.807) is 29.6 Å². The smallest absolute Gasteiger partial charge is 0.345 e. The summed E-state index contributed by atoms with van der Waals surface area (Å²) in [5.41, 5.74) is 1.51. The highest BCUT2D eigenvalue weighted by molar-refractivity contribution is 7.14. The van der Waals surface area contributed by atoms with Crippen molar-refractivity contribution in [1.29, 1.82) is 0 Å². The van der Waals surface area contributed by atoms with Crippen molar-refractivity contribution < 1.29 is 13.5 Å². The molecule has 0 aliphatic carbocycles. The highest BCUT2D eigenvalue weighted by Gasteiger charge is 2.13. The summed E-state index contributed by atoms with van der Waals surface area (Å²) >= 11 is 1.34. The van der Waals surface area contributed by atoms with Crippen LogP contribution < -0.4 is 15.7 Å². The number of para-hydroxylation sites is 1. The van der Waals surface area contributed by atoms with Gasteiger partial charge in [0.1, 0.15) is 5.82 Å². The summed E-state index contributed by atoms with van der Waals surface area (Å²) in [5.74, 6) is 0.197. The van der Waals surface area contributed by atoms with Crippen molar-refractivity contribution in [2.24, 2.45) is 0 Å². The van der Waals surface area contributed by atoms with Gasteiger partial charge in [-0.05, 0) is 36.4 Å². The second kappa shape index (κ2) is 6.61. The average molecular weight is 368 g/mol. The maximum absolute atomic E-state index is 13.0. The molecule has 0 atom stereocenters. The molecule has 0 unspecified atom stereocenters. The number of nitrogens with zero attached hydrogens (tertiary/aromatic N) is 1. The molecule has 4 aromatic rings. The van der Waals surface area contributed by atoms with Gasteiger partial charge in [-0.3, -0.25) is 0 Å². The molecule has 7 heteroatoms. The van der Waals surface area contributed by atoms with Crippen molar-refractivity contribution >= 4 is 33.1 Å². The number of hydrogen-bond acceptors (Lipinski definition) is 6. The Morgan fingerprint density at radius 2 is 2.00 bits per heavy atom. The Kier molecular flexibility index (Phi) is 4.14. The molecule has 4 rings (SSSR count). The zero-order valence-corrected chi connectivity index (χ0v) is 14.5. The molecule has 0 fully saturated rings. The van der Waals surface area contributed by atoms with Crippen molar-refractivity contribution in [2.75, 3.05) is 12.4 Å². The predicted octanol–water partition coefficient (Wildman–Crippen LogP) is 4.81. The van der Waals surface area contributed by atoms with E-state index in [0.717, 1.165) is 5.39 Å². The molecule has 26 heavy (non-hydrogen) atoms. The number of ether oxygens (including phenoxy) is 1. The quantitative estimate of drug-likeness (QED) is 0.524. The lowest BCUT2D eigenvalue weighted by Gasteiger charge is -2.04. The largest absolute Gasteiger partial charge is 0.493 e. The Balaban J connectivity index is 1.70. The van der Waals surface area contributed by atoms with Gasteiger partial charge in [0.25, 0.3) is 0 Å². The molecule has 2 aromatic heterocycles. The molecule has 2 aromatic carbocycles. The van der Waals surface area contributed by atoms with Crippen molar-refractivity contribution in [2.45, 2.75) is 0 Å². The fourth-order valence-electron chi connectivity index (χ4n) is 2.57. The summed E-state index contributed by atoms with van der Waals surface area (Å²) < 4.78 is 23.6. The third kappa shape index (κ3) is 3.04. The van der Waals surface area contributed by atoms with Crippen LogP contribution in [0.15, 0.2) is 63.1 Å². The lowest BCUT2D eigenvalue weighted by Crippen LogP contribution is -2.03. The first-order valence-corrected chi connectivity index (χ1v) is 8.61. The number of thiazole rings is 1. The number of rotatable bonds is 4. The standard InChI is InChI=1S/C19H13FN2O3S/c1-24-16-4-2-3-11-9-14(18(23)25-17(11)16)15-10-26-19(22-15)21-13-7-5-12(20)6-8-13/h2-10H,1H3,(H,21,22). The number of fused-ring (bicyclic) bond motifs is 1. The molecule has 130 valence electrons. The summed E-state index contributed by atoms with van der Waals surface area (Å²) in [6.07, 6.45) is 0. The van der Waals surface area contributed by atoms with E-state index in [-0.39, 0.29) is 5.82 Å². The predicted molar refractivity (Wildman–Crippen MR) is 99.8 cm³/mol. The lowest BCUT2D eigenvalue weighted by molar-refractivity contribution is 0.407. The fraction of sp³-hybridized carbons (Fsp3) is 0.0526. The van der Waals surface area contributed by atoms with Crippen LogP contribution in [0, 0.1) is 5.82 Å². The summed E-state index contributed by atoms with van der Waals surface area (Å²) in [6.45, 7) is 0. The number of hydrogen-bond donors (Lipinski definition) is 1. The monoisotopic (exact) mass is 368 g/mol. The van der Waals surface area contributed by atoms with Crippen molar-refractivity contribution in [3.63, 3.8) is 0 Å². The minimum Gasteiger partial charge on any atom is -0.493 e. The van der Waals surface area contributed by atoms with Crippen LogP contribution in [-0.2, 0) is 0 Å². The minimum absolute atomic E-state index is 0.306. The highest BCUT2D eigenvalue weighted by Crippen LogP contribution is 2.30. The number of aromatic nitrogens is 1. The number of nitrogens with one attached hydrogen (secondary N) is 1. The van der Waals surface area contributed by atoms with Crippen molar-refractivity contribution in [1.82, 2.24) is 4.98 Å². The third-order valence-electron chi connectivity index (χ3n) is 3.82. The molecule has 1 N–H and O–H groups in total. The third-order valence-corrected chi connectivity index (χ3v) is 4.58. The number of benzene rings is 2. The number of halogens is 1. The zero-order chi connectivity index (χ0) is 18.1. The number of methoxy groups -OCH3 is 1. The van der Waals surface area contributed by atoms with Crippen LogP contribution in [0.1, 0.15) is 0 Å². The van der Waals surface area contributed by atoms with Gasteiger partial charge in [-0.1, -0.05) is 12.1 Å². The maximum atomic E-state index is 13.0. The summed E-state index contributed by atoms with van der Waals surface area (Å²) in [5, 5.41) is 6.20. The van der Waals surface area contributed by atoms with Crippen molar-refractivity contribution in [3.05, 3.63) is 70.1 Å². The van der Waals surface area contributed by atoms with Crippen LogP contribution in [0.3, 0.4) is 0 Å². The molecular formula is C19H13FN2O3S. The molecule has 0 bridgehead atoms. The van der Waals surface area contributed by atoms with E-state index < -0.39 is 5.63 Å². The van der Waals surface area contributed by atoms with E-state index in [2.05, 4.69) is 10.3 Å². The van der Waals surface area contributed by atoms with E-state index in [1.807, 2.05) is 12.1 Å². The van der Waals surface area contributed by atoms with E-state index in [4.69, 9.17) is 9.15 Å². The molecule has 0 aliphatic heterocycles. The molecule has 0 spiro atoms. The van der Waals surface area contributed by atoms with Gasteiger partial charge in [0, 0.05) is 16.5 Å². The Hall–Kier alpha value is -3.19. The van der Waals surface area contributed by atoms with Crippen LogP contribution in [0.4, 0.5) is 15.2 Å². The van der Waals surface area contributed by atoms with Gasteiger partial charge in [-0.15, -0.1) is 11.3 Å². The Morgan fingerprint density at radius 1 is 1.19 bits per heavy atom. The molecular weight excluding hydrogens is 355 g/mol. The van der Waals surface area contributed by atoms with Crippen LogP contribution in [-0.4, -0.2) is 12.1 Å². The summed E-state index contributed by atoms with van der Waals surface area (Å²) in [4.78, 5) is 16.8. The topological polar surface area (TPSA) is 64.4 Å². The van der Waals surface area contributed by atoms with Crippen LogP contribution in [0.25, 0.3) is 22.2 Å². The first-order valence-electron chi connectivity index (χ1n) is 7.73. The van der Waals surface area contributed by atoms with Crippen LogP contribution >= 0.6 is 11.3 Å². The fourth-order valence-corrected chi connectivity index (χ4v) is 3.30. The lowest BCUT2D eigenvalue weighted by atomic mass is 10.1. The molecule has 0 saturated heterocycles. The second-order valence-electron chi connectivity index (χ2n) is 5.50. The highest BCUT2D eigenvalue weighted by atomic mass is 32.1. The van der Waals surface area contributed by atoms with Gasteiger partial charge in [0.05, 0.1) is 18.4 Å². The molecule has 0 amide bonds. The van der Waals surface area contributed by atoms with Crippen LogP contribution in [0.5, 0.6) is 5.75 Å². The van der Waals surface area contributed by atoms with Gasteiger partial charge in [-0.25, -0.2) is 14.2 Å². The van der Waals surface area contributed by atoms with Crippen molar-refractivity contribution in [3.8, 4) is 17.0 Å². The molecule has 0 aliphatic rings. The van der Waals surface area contributed by atoms with Gasteiger partial charge < -0.3 is 14.5 Å². The number of anilines is 2. The summed E-state index contributed by atoms with van der Waals surface area (Å²) in [6, 6.07) is 13.1. The van der Waals surface area contributed by atoms with Gasteiger partial charge >= 0.3 is 5.63 Å². The van der Waals surface area contributed by atoms with Gasteiger partial charge in [0.2, 0.25) is 0 Å². The molecule has 2 heterocycles. The first kappa shape index (κ1) is 16.3. The maximum Gasteiger partial charge on any atom is 0.345 e. The van der Waals surface area contributed by atoms with E-state index in [0.29, 0.717) is 33.4 Å². The van der Waals surface area contributed by atoms with Gasteiger partial charge in [0.15, 0.2) is 16.5 Å². The molecule has 0 radical (unpaired) electrons. The van der Waals surface area contributed by atoms with E-state index >= 15 is 0 Å².